The first-order valence-corrected chi connectivity index (χ1v) is 6.35. The molecular weight excluding hydrogens is 244 g/mol. The van der Waals surface area contributed by atoms with E-state index in [9.17, 15) is 9.59 Å². The van der Waals surface area contributed by atoms with E-state index in [1.807, 2.05) is 30.3 Å². The quantitative estimate of drug-likeness (QED) is 0.892. The fourth-order valence-corrected chi connectivity index (χ4v) is 2.02. The van der Waals surface area contributed by atoms with Gasteiger partial charge in [0.05, 0.1) is 0 Å². The van der Waals surface area contributed by atoms with Gasteiger partial charge in [-0.15, -0.1) is 0 Å². The highest BCUT2D eigenvalue weighted by molar-refractivity contribution is 5.76. The van der Waals surface area contributed by atoms with E-state index < -0.39 is 0 Å². The summed E-state index contributed by atoms with van der Waals surface area (Å²) in [4.78, 5) is 24.5. The van der Waals surface area contributed by atoms with Crippen LogP contribution < -0.4 is 5.32 Å². The molecule has 102 valence electrons. The monoisotopic (exact) mass is 262 g/mol. The molecule has 0 spiro atoms. The second kappa shape index (κ2) is 6.22. The first kappa shape index (κ1) is 13.4. The standard InChI is InChI=1S/C14H18N2O3/c1-15-13(17)7-12-8-16(9-12)14(18)19-10-11-5-3-2-4-6-11/h2-6,12H,7-10H2,1H3,(H,15,17). The Hall–Kier alpha value is -2.04. The Bertz CT molecular complexity index is 441. The molecule has 0 aromatic heterocycles. The van der Waals surface area contributed by atoms with Crippen LogP contribution in [0.5, 0.6) is 0 Å². The number of benzene rings is 1. The molecule has 5 nitrogen and oxygen atoms in total. The van der Waals surface area contributed by atoms with Gasteiger partial charge in [-0.3, -0.25) is 4.79 Å². The van der Waals surface area contributed by atoms with Gasteiger partial charge in [0.1, 0.15) is 6.61 Å². The van der Waals surface area contributed by atoms with Crippen LogP contribution in [0.1, 0.15) is 12.0 Å². The minimum absolute atomic E-state index is 0.0160. The van der Waals surface area contributed by atoms with Gasteiger partial charge in [-0.1, -0.05) is 30.3 Å². The third-order valence-electron chi connectivity index (χ3n) is 3.17. The van der Waals surface area contributed by atoms with Crippen LogP contribution in [0.15, 0.2) is 30.3 Å². The molecule has 0 bridgehead atoms. The molecule has 2 rings (SSSR count). The molecule has 0 radical (unpaired) electrons. The molecule has 1 aliphatic rings. The molecular formula is C14H18N2O3. The second-order valence-corrected chi connectivity index (χ2v) is 4.69. The smallest absolute Gasteiger partial charge is 0.410 e. The molecule has 1 aromatic carbocycles. The number of hydrogen-bond acceptors (Lipinski definition) is 3. The number of nitrogens with zero attached hydrogens (tertiary/aromatic N) is 1. The van der Waals surface area contributed by atoms with Crippen LogP contribution in [-0.4, -0.2) is 37.0 Å². The summed E-state index contributed by atoms with van der Waals surface area (Å²) in [5.74, 6) is 0.270. The number of carbonyl (C=O) groups is 2. The van der Waals surface area contributed by atoms with Gasteiger partial charge < -0.3 is 15.0 Å². The van der Waals surface area contributed by atoms with Gasteiger partial charge in [-0.05, 0) is 5.56 Å². The summed E-state index contributed by atoms with van der Waals surface area (Å²) < 4.78 is 5.20. The summed E-state index contributed by atoms with van der Waals surface area (Å²) in [7, 11) is 1.62. The lowest BCUT2D eigenvalue weighted by Crippen LogP contribution is -2.51. The van der Waals surface area contributed by atoms with Gasteiger partial charge in [0.2, 0.25) is 5.91 Å². The Morgan fingerprint density at radius 2 is 2.00 bits per heavy atom. The molecule has 5 heteroatoms. The molecule has 0 saturated carbocycles. The number of carbonyl (C=O) groups excluding carboxylic acids is 2. The van der Waals surface area contributed by atoms with Crippen molar-refractivity contribution in [1.82, 2.24) is 10.2 Å². The maximum Gasteiger partial charge on any atom is 0.410 e. The molecule has 19 heavy (non-hydrogen) atoms. The van der Waals surface area contributed by atoms with E-state index in [-0.39, 0.29) is 24.5 Å². The predicted molar refractivity (Wildman–Crippen MR) is 70.4 cm³/mol. The van der Waals surface area contributed by atoms with Gasteiger partial charge in [-0.25, -0.2) is 4.79 Å². The molecule has 0 unspecified atom stereocenters. The van der Waals surface area contributed by atoms with E-state index in [1.54, 1.807) is 11.9 Å². The summed E-state index contributed by atoms with van der Waals surface area (Å²) in [5, 5.41) is 2.58. The minimum atomic E-state index is -0.308. The molecule has 1 aromatic rings. The highest BCUT2D eigenvalue weighted by Crippen LogP contribution is 2.20. The molecule has 1 fully saturated rings. The van der Waals surface area contributed by atoms with Crippen LogP contribution in [0.3, 0.4) is 0 Å². The highest BCUT2D eigenvalue weighted by atomic mass is 16.6. The Labute approximate surface area is 112 Å². The predicted octanol–water partition coefficient (Wildman–Crippen LogP) is 1.39. The van der Waals surface area contributed by atoms with E-state index in [0.717, 1.165) is 5.56 Å². The maximum absolute atomic E-state index is 11.7. The van der Waals surface area contributed by atoms with E-state index >= 15 is 0 Å². The van der Waals surface area contributed by atoms with Crippen molar-refractivity contribution in [2.75, 3.05) is 20.1 Å². The topological polar surface area (TPSA) is 58.6 Å². The van der Waals surface area contributed by atoms with Crippen molar-refractivity contribution in [2.24, 2.45) is 5.92 Å². The highest BCUT2D eigenvalue weighted by Gasteiger charge is 2.32. The maximum atomic E-state index is 11.7. The van der Waals surface area contributed by atoms with Crippen LogP contribution in [0, 0.1) is 5.92 Å². The number of likely N-dealkylation sites (tertiary alicyclic amines) is 1. The Morgan fingerprint density at radius 1 is 1.32 bits per heavy atom. The molecule has 0 atom stereocenters. The van der Waals surface area contributed by atoms with E-state index in [0.29, 0.717) is 19.5 Å². The molecule has 0 aliphatic carbocycles. The molecule has 1 N–H and O–H groups in total. The number of rotatable bonds is 4. The Morgan fingerprint density at radius 3 is 2.63 bits per heavy atom. The molecule has 1 saturated heterocycles. The summed E-state index contributed by atoms with van der Waals surface area (Å²) >= 11 is 0. The first-order valence-electron chi connectivity index (χ1n) is 6.35. The Balaban J connectivity index is 1.68. The van der Waals surface area contributed by atoms with Crippen molar-refractivity contribution < 1.29 is 14.3 Å². The lowest BCUT2D eigenvalue weighted by molar-refractivity contribution is -0.122. The van der Waals surface area contributed by atoms with Crippen molar-refractivity contribution in [2.45, 2.75) is 13.0 Å². The third-order valence-corrected chi connectivity index (χ3v) is 3.17. The summed E-state index contributed by atoms with van der Waals surface area (Å²) in [6.45, 7) is 1.48. The van der Waals surface area contributed by atoms with Crippen LogP contribution in [-0.2, 0) is 16.1 Å². The van der Waals surface area contributed by atoms with Gasteiger partial charge in [0.15, 0.2) is 0 Å². The molecule has 1 aliphatic heterocycles. The first-order chi connectivity index (χ1) is 9.19. The number of hydrogen-bond donors (Lipinski definition) is 1. The van der Waals surface area contributed by atoms with Gasteiger partial charge in [-0.2, -0.15) is 0 Å². The summed E-state index contributed by atoms with van der Waals surface area (Å²) in [6.07, 6.45) is 0.163. The summed E-state index contributed by atoms with van der Waals surface area (Å²) in [5.41, 5.74) is 0.971. The van der Waals surface area contributed by atoms with Crippen LogP contribution in [0.25, 0.3) is 0 Å². The normalized spacial score (nSPS) is 14.7. The van der Waals surface area contributed by atoms with Gasteiger partial charge >= 0.3 is 6.09 Å². The van der Waals surface area contributed by atoms with Crippen molar-refractivity contribution in [1.29, 1.82) is 0 Å². The van der Waals surface area contributed by atoms with Crippen molar-refractivity contribution in [3.05, 3.63) is 35.9 Å². The number of ether oxygens (including phenoxy) is 1. The van der Waals surface area contributed by atoms with Crippen molar-refractivity contribution >= 4 is 12.0 Å². The third kappa shape index (κ3) is 3.71. The number of amides is 2. The van der Waals surface area contributed by atoms with Crippen LogP contribution in [0.2, 0.25) is 0 Å². The van der Waals surface area contributed by atoms with Crippen molar-refractivity contribution in [3.63, 3.8) is 0 Å². The largest absolute Gasteiger partial charge is 0.445 e. The molecule has 1 heterocycles. The lowest BCUT2D eigenvalue weighted by Gasteiger charge is -2.37. The number of nitrogens with one attached hydrogen (secondary N) is 1. The van der Waals surface area contributed by atoms with E-state index in [2.05, 4.69) is 5.32 Å². The zero-order valence-electron chi connectivity index (χ0n) is 11.0. The fraction of sp³-hybridized carbons (Fsp3) is 0.429. The summed E-state index contributed by atoms with van der Waals surface area (Å²) in [6, 6.07) is 9.57. The van der Waals surface area contributed by atoms with Crippen LogP contribution in [0.4, 0.5) is 4.79 Å². The lowest BCUT2D eigenvalue weighted by atomic mass is 9.97. The van der Waals surface area contributed by atoms with Gasteiger partial charge in [0.25, 0.3) is 0 Å². The second-order valence-electron chi connectivity index (χ2n) is 4.69. The average Bonchev–Trinajstić information content (AvgIpc) is 2.40. The van der Waals surface area contributed by atoms with Crippen LogP contribution >= 0.6 is 0 Å². The minimum Gasteiger partial charge on any atom is -0.445 e. The Kier molecular flexibility index (Phi) is 4.39. The zero-order valence-corrected chi connectivity index (χ0v) is 11.0. The fourth-order valence-electron chi connectivity index (χ4n) is 2.02. The zero-order chi connectivity index (χ0) is 13.7. The van der Waals surface area contributed by atoms with E-state index in [4.69, 9.17) is 4.74 Å². The van der Waals surface area contributed by atoms with E-state index in [1.165, 1.54) is 0 Å². The van der Waals surface area contributed by atoms with Gasteiger partial charge in [0, 0.05) is 32.5 Å². The van der Waals surface area contributed by atoms with Crippen molar-refractivity contribution in [3.8, 4) is 0 Å². The average molecular weight is 262 g/mol. The SMILES string of the molecule is CNC(=O)CC1CN(C(=O)OCc2ccccc2)C1. The molecule has 2 amide bonds.